The van der Waals surface area contributed by atoms with Crippen LogP contribution in [0.15, 0.2) is 24.3 Å². The molecule has 0 fully saturated rings. The summed E-state index contributed by atoms with van der Waals surface area (Å²) in [6, 6.07) is 8.42. The highest BCUT2D eigenvalue weighted by Crippen LogP contribution is 2.44. The molecule has 3 rings (SSSR count). The number of rotatable bonds is 4. The van der Waals surface area contributed by atoms with Gasteiger partial charge in [-0.05, 0) is 66.5 Å². The van der Waals surface area contributed by atoms with Crippen LogP contribution >= 0.6 is 0 Å². The lowest BCUT2D eigenvalue weighted by molar-refractivity contribution is 0.231. The van der Waals surface area contributed by atoms with Crippen molar-refractivity contribution in [2.24, 2.45) is 0 Å². The first kappa shape index (κ1) is 15.2. The zero-order valence-corrected chi connectivity index (χ0v) is 13.6. The van der Waals surface area contributed by atoms with Crippen LogP contribution in [-0.2, 0) is 11.8 Å². The summed E-state index contributed by atoms with van der Waals surface area (Å²) in [6.45, 7) is 2.49. The summed E-state index contributed by atoms with van der Waals surface area (Å²) >= 11 is 0. The highest BCUT2D eigenvalue weighted by molar-refractivity contribution is 5.94. The molecule has 0 heterocycles. The van der Waals surface area contributed by atoms with Gasteiger partial charge in [0, 0.05) is 17.4 Å². The second kappa shape index (κ2) is 5.81. The number of ether oxygens (including phenoxy) is 2. The minimum Gasteiger partial charge on any atom is -0.496 e. The van der Waals surface area contributed by atoms with E-state index in [1.54, 1.807) is 14.2 Å². The summed E-state index contributed by atoms with van der Waals surface area (Å²) in [5.41, 5.74) is 2.78. The summed E-state index contributed by atoms with van der Waals surface area (Å²) in [6.07, 6.45) is 4.18. The van der Waals surface area contributed by atoms with Crippen molar-refractivity contribution in [3.05, 3.63) is 35.4 Å². The monoisotopic (exact) mass is 300 g/mol. The van der Waals surface area contributed by atoms with Crippen LogP contribution in [-0.4, -0.2) is 25.9 Å². The van der Waals surface area contributed by atoms with Crippen LogP contribution in [0.3, 0.4) is 0 Å². The zero-order valence-electron chi connectivity index (χ0n) is 13.6. The van der Waals surface area contributed by atoms with Gasteiger partial charge in [-0.1, -0.05) is 6.92 Å². The summed E-state index contributed by atoms with van der Waals surface area (Å²) in [4.78, 5) is 0. The average Bonchev–Trinajstić information content (AvgIpc) is 2.53. The van der Waals surface area contributed by atoms with E-state index in [0.717, 1.165) is 41.5 Å². The fourth-order valence-corrected chi connectivity index (χ4v) is 3.82. The van der Waals surface area contributed by atoms with Crippen molar-refractivity contribution in [2.75, 3.05) is 20.8 Å². The van der Waals surface area contributed by atoms with Crippen LogP contribution in [0.4, 0.5) is 0 Å². The Balaban J connectivity index is 2.27. The van der Waals surface area contributed by atoms with E-state index in [1.807, 2.05) is 12.1 Å². The molecule has 0 spiro atoms. The molecule has 1 N–H and O–H groups in total. The third-order valence-electron chi connectivity index (χ3n) is 5.09. The van der Waals surface area contributed by atoms with Gasteiger partial charge in [-0.25, -0.2) is 0 Å². The van der Waals surface area contributed by atoms with Gasteiger partial charge in [0.15, 0.2) is 0 Å². The first-order valence-corrected chi connectivity index (χ1v) is 7.92. The van der Waals surface area contributed by atoms with E-state index >= 15 is 0 Å². The lowest BCUT2D eigenvalue weighted by Gasteiger charge is -2.36. The van der Waals surface area contributed by atoms with Crippen molar-refractivity contribution in [3.63, 3.8) is 0 Å². The van der Waals surface area contributed by atoms with Crippen LogP contribution in [0.25, 0.3) is 10.8 Å². The van der Waals surface area contributed by atoms with E-state index in [-0.39, 0.29) is 12.0 Å². The van der Waals surface area contributed by atoms with Crippen LogP contribution in [0.1, 0.15) is 37.3 Å². The SMILES string of the molecule is COc1ccc(OC)c2cc3c(cc12)CCC[C@@]3(C)CCO. The third kappa shape index (κ3) is 2.34. The Morgan fingerprint density at radius 2 is 1.73 bits per heavy atom. The fraction of sp³-hybridized carbons (Fsp3) is 0.474. The number of aliphatic hydroxyl groups is 1. The molecule has 0 bridgehead atoms. The van der Waals surface area contributed by atoms with Crippen molar-refractivity contribution >= 4 is 10.8 Å². The Kier molecular flexibility index (Phi) is 4.00. The Labute approximate surface area is 131 Å². The molecule has 0 saturated heterocycles. The molecule has 2 aromatic carbocycles. The minimum absolute atomic E-state index is 0.0462. The second-order valence-corrected chi connectivity index (χ2v) is 6.41. The zero-order chi connectivity index (χ0) is 15.7. The standard InChI is InChI=1S/C19H24O3/c1-19(9-10-20)8-4-5-13-11-14-15(12-16(13)19)18(22-3)7-6-17(14)21-2/h6-7,11-12,20H,4-5,8-10H2,1-3H3/t19-/m0/s1. The number of aryl methyl sites for hydroxylation is 1. The molecule has 118 valence electrons. The number of hydrogen-bond acceptors (Lipinski definition) is 3. The molecule has 0 unspecified atom stereocenters. The third-order valence-corrected chi connectivity index (χ3v) is 5.09. The number of hydrogen-bond donors (Lipinski definition) is 1. The maximum absolute atomic E-state index is 9.46. The number of benzene rings is 2. The first-order valence-electron chi connectivity index (χ1n) is 7.92. The molecule has 0 aromatic heterocycles. The van der Waals surface area contributed by atoms with E-state index in [0.29, 0.717) is 0 Å². The first-order chi connectivity index (χ1) is 10.6. The quantitative estimate of drug-likeness (QED) is 0.932. The molecule has 0 saturated carbocycles. The molecule has 1 aliphatic rings. The van der Waals surface area contributed by atoms with E-state index < -0.39 is 0 Å². The van der Waals surface area contributed by atoms with Gasteiger partial charge < -0.3 is 14.6 Å². The fourth-order valence-electron chi connectivity index (χ4n) is 3.82. The molecule has 0 aliphatic heterocycles. The number of methoxy groups -OCH3 is 2. The van der Waals surface area contributed by atoms with Crippen LogP contribution in [0.2, 0.25) is 0 Å². The number of aliphatic hydroxyl groups excluding tert-OH is 1. The predicted molar refractivity (Wildman–Crippen MR) is 89.0 cm³/mol. The minimum atomic E-state index is 0.0462. The molecule has 1 atom stereocenters. The largest absolute Gasteiger partial charge is 0.496 e. The molecular formula is C19H24O3. The van der Waals surface area contributed by atoms with Gasteiger partial charge >= 0.3 is 0 Å². The molecular weight excluding hydrogens is 276 g/mol. The smallest absolute Gasteiger partial charge is 0.126 e. The Morgan fingerprint density at radius 3 is 2.32 bits per heavy atom. The normalized spacial score (nSPS) is 20.7. The summed E-state index contributed by atoms with van der Waals surface area (Å²) in [5, 5.41) is 11.7. The van der Waals surface area contributed by atoms with Crippen LogP contribution in [0.5, 0.6) is 11.5 Å². The van der Waals surface area contributed by atoms with Crippen molar-refractivity contribution in [1.82, 2.24) is 0 Å². The second-order valence-electron chi connectivity index (χ2n) is 6.41. The van der Waals surface area contributed by atoms with E-state index in [4.69, 9.17) is 9.47 Å². The van der Waals surface area contributed by atoms with Gasteiger partial charge in [0.25, 0.3) is 0 Å². The lowest BCUT2D eigenvalue weighted by atomic mass is 9.69. The maximum atomic E-state index is 9.46. The maximum Gasteiger partial charge on any atom is 0.126 e. The predicted octanol–water partition coefficient (Wildman–Crippen LogP) is 3.83. The van der Waals surface area contributed by atoms with Gasteiger partial charge in [-0.3, -0.25) is 0 Å². The van der Waals surface area contributed by atoms with Crippen molar-refractivity contribution in [2.45, 2.75) is 38.0 Å². The van der Waals surface area contributed by atoms with E-state index in [9.17, 15) is 5.11 Å². The van der Waals surface area contributed by atoms with Crippen molar-refractivity contribution < 1.29 is 14.6 Å². The van der Waals surface area contributed by atoms with Gasteiger partial charge in [-0.15, -0.1) is 0 Å². The molecule has 2 aromatic rings. The average molecular weight is 300 g/mol. The van der Waals surface area contributed by atoms with Crippen LogP contribution < -0.4 is 9.47 Å². The van der Waals surface area contributed by atoms with E-state index in [2.05, 4.69) is 19.1 Å². The highest BCUT2D eigenvalue weighted by Gasteiger charge is 2.32. The van der Waals surface area contributed by atoms with Gasteiger partial charge in [0.1, 0.15) is 11.5 Å². The Bertz CT molecular complexity index is 693. The highest BCUT2D eigenvalue weighted by atomic mass is 16.5. The summed E-state index contributed by atoms with van der Waals surface area (Å²) in [7, 11) is 3.41. The summed E-state index contributed by atoms with van der Waals surface area (Å²) in [5.74, 6) is 1.75. The van der Waals surface area contributed by atoms with Gasteiger partial charge in [-0.2, -0.15) is 0 Å². The van der Waals surface area contributed by atoms with Gasteiger partial charge in [0.05, 0.1) is 14.2 Å². The molecule has 0 radical (unpaired) electrons. The molecule has 3 heteroatoms. The topological polar surface area (TPSA) is 38.7 Å². The Hall–Kier alpha value is -1.74. The van der Waals surface area contributed by atoms with E-state index in [1.165, 1.54) is 17.5 Å². The number of fused-ring (bicyclic) bond motifs is 2. The van der Waals surface area contributed by atoms with Crippen molar-refractivity contribution in [1.29, 1.82) is 0 Å². The molecule has 1 aliphatic carbocycles. The van der Waals surface area contributed by atoms with Crippen LogP contribution in [0, 0.1) is 0 Å². The van der Waals surface area contributed by atoms with Crippen molar-refractivity contribution in [3.8, 4) is 11.5 Å². The lowest BCUT2D eigenvalue weighted by Crippen LogP contribution is -2.28. The Morgan fingerprint density at radius 1 is 1.09 bits per heavy atom. The van der Waals surface area contributed by atoms with Gasteiger partial charge in [0.2, 0.25) is 0 Å². The molecule has 22 heavy (non-hydrogen) atoms. The molecule has 3 nitrogen and oxygen atoms in total. The summed E-state index contributed by atoms with van der Waals surface area (Å²) < 4.78 is 11.1. The molecule has 0 amide bonds.